The van der Waals surface area contributed by atoms with Gasteiger partial charge in [0.1, 0.15) is 0 Å². The van der Waals surface area contributed by atoms with Crippen LogP contribution in [-0.4, -0.2) is 26.3 Å². The van der Waals surface area contributed by atoms with E-state index in [1.165, 1.54) is 5.56 Å². The number of aryl methyl sites for hydroxylation is 1. The highest BCUT2D eigenvalue weighted by Gasteiger charge is 2.12. The summed E-state index contributed by atoms with van der Waals surface area (Å²) in [4.78, 5) is 8.85. The Bertz CT molecular complexity index is 556. The van der Waals surface area contributed by atoms with E-state index in [4.69, 9.17) is 0 Å². The van der Waals surface area contributed by atoms with E-state index in [1.807, 2.05) is 24.0 Å². The Balaban J connectivity index is 2.17. The van der Waals surface area contributed by atoms with E-state index in [0.717, 1.165) is 42.9 Å². The molecule has 1 N–H and O–H groups in total. The lowest BCUT2D eigenvalue weighted by atomic mass is 10.1. The molecule has 0 aliphatic carbocycles. The third kappa shape index (κ3) is 3.04. The van der Waals surface area contributed by atoms with Crippen LogP contribution in [0.5, 0.6) is 0 Å². The summed E-state index contributed by atoms with van der Waals surface area (Å²) in [6.07, 6.45) is 5.85. The Morgan fingerprint density at radius 3 is 2.40 bits per heavy atom. The van der Waals surface area contributed by atoms with Crippen LogP contribution in [0.2, 0.25) is 0 Å². The van der Waals surface area contributed by atoms with E-state index < -0.39 is 0 Å². The second kappa shape index (κ2) is 6.61. The Labute approximate surface area is 120 Å². The van der Waals surface area contributed by atoms with Gasteiger partial charge in [0.25, 0.3) is 5.95 Å². The molecule has 0 saturated carbocycles. The zero-order valence-electron chi connectivity index (χ0n) is 12.8. The molecule has 108 valence electrons. The molecule has 0 radical (unpaired) electrons. The van der Waals surface area contributed by atoms with Crippen molar-refractivity contribution in [3.63, 3.8) is 0 Å². The summed E-state index contributed by atoms with van der Waals surface area (Å²) >= 11 is 0. The molecule has 2 aromatic heterocycles. The van der Waals surface area contributed by atoms with Gasteiger partial charge in [0.05, 0.1) is 5.69 Å². The fourth-order valence-corrected chi connectivity index (χ4v) is 2.34. The average Bonchev–Trinajstić information content (AvgIpc) is 2.74. The summed E-state index contributed by atoms with van der Waals surface area (Å²) < 4.78 is 1.83. The quantitative estimate of drug-likeness (QED) is 0.821. The van der Waals surface area contributed by atoms with Gasteiger partial charge in [-0.2, -0.15) is 5.10 Å². The van der Waals surface area contributed by atoms with Gasteiger partial charge in [-0.15, -0.1) is 0 Å². The molecule has 0 unspecified atom stereocenters. The van der Waals surface area contributed by atoms with Crippen LogP contribution in [0.15, 0.2) is 12.4 Å². The van der Waals surface area contributed by atoms with Gasteiger partial charge in [0, 0.05) is 30.2 Å². The molecular weight excluding hydrogens is 250 g/mol. The van der Waals surface area contributed by atoms with Gasteiger partial charge in [-0.1, -0.05) is 13.8 Å². The summed E-state index contributed by atoms with van der Waals surface area (Å²) in [7, 11) is 0. The molecule has 0 atom stereocenters. The molecule has 0 amide bonds. The first-order valence-corrected chi connectivity index (χ1v) is 7.24. The summed E-state index contributed by atoms with van der Waals surface area (Å²) in [5.74, 6) is 0.643. The van der Waals surface area contributed by atoms with Crippen molar-refractivity contribution < 1.29 is 0 Å². The summed E-state index contributed by atoms with van der Waals surface area (Å²) in [6.45, 7) is 10.2. The molecular formula is C15H23N5. The molecule has 0 spiro atoms. The van der Waals surface area contributed by atoms with Gasteiger partial charge in [0.15, 0.2) is 0 Å². The van der Waals surface area contributed by atoms with Crippen LogP contribution in [0.3, 0.4) is 0 Å². The van der Waals surface area contributed by atoms with E-state index in [1.54, 1.807) is 0 Å². The lowest BCUT2D eigenvalue weighted by Crippen LogP contribution is -2.14. The van der Waals surface area contributed by atoms with Crippen molar-refractivity contribution >= 4 is 0 Å². The number of nitrogens with one attached hydrogen (secondary N) is 1. The van der Waals surface area contributed by atoms with Crippen molar-refractivity contribution in [1.29, 1.82) is 0 Å². The Morgan fingerprint density at radius 2 is 1.85 bits per heavy atom. The van der Waals surface area contributed by atoms with E-state index >= 15 is 0 Å². The molecule has 2 aromatic rings. The first kappa shape index (κ1) is 14.7. The third-order valence-electron chi connectivity index (χ3n) is 3.43. The van der Waals surface area contributed by atoms with Gasteiger partial charge in [0.2, 0.25) is 0 Å². The number of hydrogen-bond donors (Lipinski definition) is 1. The van der Waals surface area contributed by atoms with E-state index in [9.17, 15) is 0 Å². The molecule has 5 heteroatoms. The highest BCUT2D eigenvalue weighted by Crippen LogP contribution is 2.15. The topological polar surface area (TPSA) is 55.6 Å². The smallest absolute Gasteiger partial charge is 0.250 e. The monoisotopic (exact) mass is 273 g/mol. The highest BCUT2D eigenvalue weighted by atomic mass is 15.4. The van der Waals surface area contributed by atoms with Gasteiger partial charge in [-0.05, 0) is 38.8 Å². The minimum Gasteiger partial charge on any atom is -0.313 e. The molecule has 5 nitrogen and oxygen atoms in total. The molecule has 20 heavy (non-hydrogen) atoms. The average molecular weight is 273 g/mol. The van der Waals surface area contributed by atoms with Crippen LogP contribution in [-0.2, 0) is 13.0 Å². The summed E-state index contributed by atoms with van der Waals surface area (Å²) in [5.41, 5.74) is 4.56. The van der Waals surface area contributed by atoms with Crippen LogP contribution in [0.4, 0.5) is 0 Å². The molecule has 2 rings (SSSR count). The molecule has 0 aliphatic heterocycles. The van der Waals surface area contributed by atoms with Crippen molar-refractivity contribution in [3.8, 4) is 5.95 Å². The van der Waals surface area contributed by atoms with Crippen LogP contribution < -0.4 is 5.32 Å². The minimum absolute atomic E-state index is 0.643. The molecule has 2 heterocycles. The van der Waals surface area contributed by atoms with Crippen molar-refractivity contribution in [2.24, 2.45) is 0 Å². The maximum absolute atomic E-state index is 4.53. The number of aromatic nitrogens is 4. The van der Waals surface area contributed by atoms with Gasteiger partial charge < -0.3 is 5.32 Å². The van der Waals surface area contributed by atoms with Crippen LogP contribution in [0, 0.1) is 13.8 Å². The maximum atomic E-state index is 4.53. The lowest BCUT2D eigenvalue weighted by Gasteiger charge is -2.05. The first-order valence-electron chi connectivity index (χ1n) is 7.24. The number of nitrogens with zero attached hydrogens (tertiary/aromatic N) is 4. The van der Waals surface area contributed by atoms with Gasteiger partial charge >= 0.3 is 0 Å². The van der Waals surface area contributed by atoms with Crippen LogP contribution >= 0.6 is 0 Å². The van der Waals surface area contributed by atoms with E-state index in [0.29, 0.717) is 5.95 Å². The standard InChI is InChI=1S/C15H23N5/c1-5-7-16-8-13-9-17-15(18-10-13)20-12(4)14(6-2)11(3)19-20/h9-10,16H,5-8H2,1-4H3. The molecule has 0 aliphatic rings. The van der Waals surface area contributed by atoms with Crippen molar-refractivity contribution in [2.45, 2.75) is 47.1 Å². The first-order chi connectivity index (χ1) is 9.67. The predicted molar refractivity (Wildman–Crippen MR) is 80.0 cm³/mol. The van der Waals surface area contributed by atoms with Crippen molar-refractivity contribution in [3.05, 3.63) is 34.9 Å². The van der Waals surface area contributed by atoms with Crippen molar-refractivity contribution in [1.82, 2.24) is 25.1 Å². The van der Waals surface area contributed by atoms with Crippen LogP contribution in [0.25, 0.3) is 5.95 Å². The normalized spacial score (nSPS) is 11.0. The summed E-state index contributed by atoms with van der Waals surface area (Å²) in [6, 6.07) is 0. The Kier molecular flexibility index (Phi) is 4.84. The predicted octanol–water partition coefficient (Wildman–Crippen LogP) is 2.34. The second-order valence-corrected chi connectivity index (χ2v) is 4.98. The number of rotatable bonds is 6. The summed E-state index contributed by atoms with van der Waals surface area (Å²) in [5, 5.41) is 7.87. The van der Waals surface area contributed by atoms with Crippen LogP contribution in [0.1, 0.15) is 42.8 Å². The SMILES string of the molecule is CCCNCc1cnc(-n2nc(C)c(CC)c2C)nc1. The molecule has 0 saturated heterocycles. The zero-order valence-corrected chi connectivity index (χ0v) is 12.8. The molecule has 0 aromatic carbocycles. The van der Waals surface area contributed by atoms with Crippen molar-refractivity contribution in [2.75, 3.05) is 6.54 Å². The molecule has 0 bridgehead atoms. The fraction of sp³-hybridized carbons (Fsp3) is 0.533. The zero-order chi connectivity index (χ0) is 14.5. The third-order valence-corrected chi connectivity index (χ3v) is 3.43. The maximum Gasteiger partial charge on any atom is 0.250 e. The largest absolute Gasteiger partial charge is 0.313 e. The minimum atomic E-state index is 0.643. The van der Waals surface area contributed by atoms with E-state index in [2.05, 4.69) is 41.2 Å². The Hall–Kier alpha value is -1.75. The fourth-order valence-electron chi connectivity index (χ4n) is 2.34. The number of hydrogen-bond acceptors (Lipinski definition) is 4. The second-order valence-electron chi connectivity index (χ2n) is 4.98. The lowest BCUT2D eigenvalue weighted by molar-refractivity contribution is 0.669. The molecule has 0 fully saturated rings. The Morgan fingerprint density at radius 1 is 1.15 bits per heavy atom. The van der Waals surface area contributed by atoms with Gasteiger partial charge in [-0.25, -0.2) is 14.6 Å². The highest BCUT2D eigenvalue weighted by molar-refractivity contribution is 5.29. The van der Waals surface area contributed by atoms with Gasteiger partial charge in [-0.3, -0.25) is 0 Å². The van der Waals surface area contributed by atoms with E-state index in [-0.39, 0.29) is 0 Å².